The Kier molecular flexibility index (Phi) is 4.38. The second-order valence-electron chi connectivity index (χ2n) is 4.47. The Hall–Kier alpha value is -1.08. The maximum absolute atomic E-state index is 5.87. The zero-order chi connectivity index (χ0) is 12.1. The molecule has 0 N–H and O–H groups in total. The fraction of sp³-hybridized carbons (Fsp3) is 0.400. The van der Waals surface area contributed by atoms with E-state index in [1.54, 1.807) is 0 Å². The van der Waals surface area contributed by atoms with E-state index in [-0.39, 0.29) is 0 Å². The second-order valence-corrected chi connectivity index (χ2v) is 4.86. The fourth-order valence-electron chi connectivity index (χ4n) is 2.06. The van der Waals surface area contributed by atoms with Gasteiger partial charge in [-0.05, 0) is 42.7 Å². The highest BCUT2D eigenvalue weighted by Crippen LogP contribution is 2.18. The molecule has 0 aliphatic rings. The third kappa shape index (κ3) is 3.44. The average Bonchev–Trinajstić information content (AvgIpc) is 2.35. The van der Waals surface area contributed by atoms with Crippen molar-refractivity contribution in [2.75, 3.05) is 0 Å². The van der Waals surface area contributed by atoms with Crippen LogP contribution in [0.4, 0.5) is 0 Å². The summed E-state index contributed by atoms with van der Waals surface area (Å²) in [6.45, 7) is 2.24. The molecule has 0 bridgehead atoms. The molecule has 0 radical (unpaired) electrons. The number of hydrogen-bond donors (Lipinski definition) is 0. The molecule has 1 aromatic carbocycles. The van der Waals surface area contributed by atoms with E-state index in [0.717, 1.165) is 5.52 Å². The SMILES string of the molecule is CCCCCCc1ccc2nc(Cl)ccc2c1. The lowest BCUT2D eigenvalue weighted by Crippen LogP contribution is -1.87. The Labute approximate surface area is 108 Å². The van der Waals surface area contributed by atoms with Gasteiger partial charge in [-0.1, -0.05) is 43.9 Å². The summed E-state index contributed by atoms with van der Waals surface area (Å²) >= 11 is 5.87. The Morgan fingerprint density at radius 3 is 2.76 bits per heavy atom. The van der Waals surface area contributed by atoms with Gasteiger partial charge < -0.3 is 0 Å². The zero-order valence-corrected chi connectivity index (χ0v) is 11.0. The van der Waals surface area contributed by atoms with Gasteiger partial charge in [0.25, 0.3) is 0 Å². The molecule has 0 unspecified atom stereocenters. The first-order valence-electron chi connectivity index (χ1n) is 6.35. The van der Waals surface area contributed by atoms with Crippen molar-refractivity contribution in [2.45, 2.75) is 39.0 Å². The molecule has 90 valence electrons. The van der Waals surface area contributed by atoms with Crippen LogP contribution in [0.25, 0.3) is 10.9 Å². The van der Waals surface area contributed by atoms with Gasteiger partial charge in [0.1, 0.15) is 5.15 Å². The van der Waals surface area contributed by atoms with E-state index in [2.05, 4.69) is 30.1 Å². The topological polar surface area (TPSA) is 12.9 Å². The van der Waals surface area contributed by atoms with Crippen LogP contribution in [0.1, 0.15) is 38.2 Å². The zero-order valence-electron chi connectivity index (χ0n) is 10.2. The summed E-state index contributed by atoms with van der Waals surface area (Å²) in [4.78, 5) is 4.29. The molecule has 1 heterocycles. The van der Waals surface area contributed by atoms with Crippen molar-refractivity contribution in [1.82, 2.24) is 4.98 Å². The largest absolute Gasteiger partial charge is 0.236 e. The molecule has 17 heavy (non-hydrogen) atoms. The van der Waals surface area contributed by atoms with Crippen molar-refractivity contribution in [2.24, 2.45) is 0 Å². The summed E-state index contributed by atoms with van der Waals surface area (Å²) < 4.78 is 0. The predicted molar refractivity (Wildman–Crippen MR) is 74.6 cm³/mol. The molecule has 0 atom stereocenters. The summed E-state index contributed by atoms with van der Waals surface area (Å²) in [7, 11) is 0. The van der Waals surface area contributed by atoms with Gasteiger partial charge in [0.15, 0.2) is 0 Å². The number of aromatic nitrogens is 1. The fourth-order valence-corrected chi connectivity index (χ4v) is 2.22. The molecule has 0 aliphatic heterocycles. The number of hydrogen-bond acceptors (Lipinski definition) is 1. The van der Waals surface area contributed by atoms with E-state index in [1.165, 1.54) is 43.1 Å². The first-order valence-corrected chi connectivity index (χ1v) is 6.72. The van der Waals surface area contributed by atoms with Crippen molar-refractivity contribution in [1.29, 1.82) is 0 Å². The molecule has 2 heteroatoms. The molecule has 2 aromatic rings. The number of aryl methyl sites for hydroxylation is 1. The van der Waals surface area contributed by atoms with Crippen molar-refractivity contribution < 1.29 is 0 Å². The maximum atomic E-state index is 5.87. The van der Waals surface area contributed by atoms with Gasteiger partial charge >= 0.3 is 0 Å². The van der Waals surface area contributed by atoms with Crippen LogP contribution in [-0.4, -0.2) is 4.98 Å². The van der Waals surface area contributed by atoms with E-state index in [1.807, 2.05) is 12.1 Å². The van der Waals surface area contributed by atoms with Crippen LogP contribution in [0.3, 0.4) is 0 Å². The van der Waals surface area contributed by atoms with Gasteiger partial charge in [-0.3, -0.25) is 0 Å². The summed E-state index contributed by atoms with van der Waals surface area (Å²) in [6.07, 6.45) is 6.40. The Morgan fingerprint density at radius 1 is 1.06 bits per heavy atom. The Morgan fingerprint density at radius 2 is 1.94 bits per heavy atom. The van der Waals surface area contributed by atoms with E-state index in [4.69, 9.17) is 11.6 Å². The van der Waals surface area contributed by atoms with Crippen LogP contribution in [0.5, 0.6) is 0 Å². The van der Waals surface area contributed by atoms with Gasteiger partial charge in [0, 0.05) is 5.39 Å². The van der Waals surface area contributed by atoms with Crippen LogP contribution in [0, 0.1) is 0 Å². The highest BCUT2D eigenvalue weighted by molar-refractivity contribution is 6.29. The summed E-state index contributed by atoms with van der Waals surface area (Å²) in [6, 6.07) is 10.4. The molecule has 2 rings (SSSR count). The molecule has 0 fully saturated rings. The number of benzene rings is 1. The molecular formula is C15H18ClN. The van der Waals surface area contributed by atoms with Crippen LogP contribution in [0.2, 0.25) is 5.15 Å². The minimum atomic E-state index is 0.563. The number of nitrogens with zero attached hydrogens (tertiary/aromatic N) is 1. The van der Waals surface area contributed by atoms with Gasteiger partial charge in [-0.2, -0.15) is 0 Å². The lowest BCUT2D eigenvalue weighted by Gasteiger charge is -2.03. The maximum Gasteiger partial charge on any atom is 0.129 e. The molecule has 0 amide bonds. The van der Waals surface area contributed by atoms with Crippen molar-refractivity contribution in [3.8, 4) is 0 Å². The summed E-state index contributed by atoms with van der Waals surface area (Å²) in [5.74, 6) is 0. The van der Waals surface area contributed by atoms with Gasteiger partial charge in [-0.15, -0.1) is 0 Å². The van der Waals surface area contributed by atoms with Crippen molar-refractivity contribution in [3.63, 3.8) is 0 Å². The smallest absolute Gasteiger partial charge is 0.129 e. The third-order valence-electron chi connectivity index (χ3n) is 3.04. The van der Waals surface area contributed by atoms with Crippen molar-refractivity contribution in [3.05, 3.63) is 41.0 Å². The summed E-state index contributed by atoms with van der Waals surface area (Å²) in [5, 5.41) is 1.75. The first-order chi connectivity index (χ1) is 8.29. The molecule has 0 spiro atoms. The lowest BCUT2D eigenvalue weighted by molar-refractivity contribution is 0.667. The minimum absolute atomic E-state index is 0.563. The molecule has 1 nitrogen and oxygen atoms in total. The van der Waals surface area contributed by atoms with Crippen molar-refractivity contribution >= 4 is 22.5 Å². The van der Waals surface area contributed by atoms with E-state index in [0.29, 0.717) is 5.15 Å². The van der Waals surface area contributed by atoms with Crippen LogP contribution in [0.15, 0.2) is 30.3 Å². The van der Waals surface area contributed by atoms with Gasteiger partial charge in [0.05, 0.1) is 5.52 Å². The molecule has 0 saturated heterocycles. The number of unbranched alkanes of at least 4 members (excludes halogenated alkanes) is 3. The molecule has 1 aromatic heterocycles. The molecule has 0 aliphatic carbocycles. The van der Waals surface area contributed by atoms with Gasteiger partial charge in [-0.25, -0.2) is 4.98 Å². The minimum Gasteiger partial charge on any atom is -0.236 e. The Balaban J connectivity index is 2.07. The first kappa shape index (κ1) is 12.4. The lowest BCUT2D eigenvalue weighted by atomic mass is 10.0. The van der Waals surface area contributed by atoms with E-state index < -0.39 is 0 Å². The standard InChI is InChI=1S/C15H18ClN/c1-2-3-4-5-6-12-7-9-14-13(11-12)8-10-15(16)17-14/h7-11H,2-6H2,1H3. The van der Waals surface area contributed by atoms with Gasteiger partial charge in [0.2, 0.25) is 0 Å². The number of pyridine rings is 1. The number of fused-ring (bicyclic) bond motifs is 1. The average molecular weight is 248 g/mol. The van der Waals surface area contributed by atoms with E-state index >= 15 is 0 Å². The third-order valence-corrected chi connectivity index (χ3v) is 3.25. The molecular weight excluding hydrogens is 230 g/mol. The van der Waals surface area contributed by atoms with Crippen LogP contribution >= 0.6 is 11.6 Å². The van der Waals surface area contributed by atoms with E-state index in [9.17, 15) is 0 Å². The number of halogens is 1. The quantitative estimate of drug-likeness (QED) is 0.535. The van der Waals surface area contributed by atoms with Crippen LogP contribution < -0.4 is 0 Å². The Bertz CT molecular complexity index is 493. The second kappa shape index (κ2) is 6.02. The normalized spacial score (nSPS) is 10.9. The predicted octanol–water partition coefficient (Wildman–Crippen LogP) is 5.01. The summed E-state index contributed by atoms with van der Waals surface area (Å²) in [5.41, 5.74) is 2.38. The molecule has 0 saturated carbocycles. The van der Waals surface area contributed by atoms with Crippen LogP contribution in [-0.2, 0) is 6.42 Å². The monoisotopic (exact) mass is 247 g/mol. The highest BCUT2D eigenvalue weighted by atomic mass is 35.5. The number of rotatable bonds is 5. The highest BCUT2D eigenvalue weighted by Gasteiger charge is 1.99.